The predicted molar refractivity (Wildman–Crippen MR) is 43.3 cm³/mol. The molecule has 0 heterocycles. The quantitative estimate of drug-likeness (QED) is 0.409. The molecular weight excluding hydrogens is 510 g/mol. The molecule has 78 valence electrons. The first-order chi connectivity index (χ1) is 5.11. The molecule has 3 nitrogen and oxygen atoms in total. The maximum Gasteiger partial charge on any atom is 0.306 e. The molecule has 0 bridgehead atoms. The number of rotatable bonds is 4. The predicted octanol–water partition coefficient (Wildman–Crippen LogP) is 1.21. The minimum atomic E-state index is -0.214. The topological polar surface area (TPSA) is 29.5 Å². The molecule has 1 unspecified atom stereocenters. The average molecular weight is 525 g/mol. The van der Waals surface area contributed by atoms with E-state index in [9.17, 15) is 4.79 Å². The number of carbonyl (C=O) groups excluding carboxylic acids is 1. The van der Waals surface area contributed by atoms with Crippen molar-refractivity contribution in [2.24, 2.45) is 0 Å². The van der Waals surface area contributed by atoms with E-state index in [1.165, 1.54) is 12.0 Å². The van der Waals surface area contributed by atoms with Crippen LogP contribution in [0.4, 0.5) is 0 Å². The van der Waals surface area contributed by atoms with Gasteiger partial charge in [0.2, 0.25) is 0 Å². The zero-order valence-electron chi connectivity index (χ0n) is 7.99. The van der Waals surface area contributed by atoms with Crippen molar-refractivity contribution in [3.8, 4) is 0 Å². The van der Waals surface area contributed by atoms with Gasteiger partial charge in [-0.1, -0.05) is 6.92 Å². The van der Waals surface area contributed by atoms with Crippen molar-refractivity contribution in [1.82, 2.24) is 4.90 Å². The van der Waals surface area contributed by atoms with Crippen molar-refractivity contribution in [3.63, 3.8) is 0 Å². The fraction of sp³-hybridized carbons (Fsp3) is 0.625. The summed E-state index contributed by atoms with van der Waals surface area (Å²) in [7, 11) is 8.60. The Morgan fingerprint density at radius 2 is 1.92 bits per heavy atom. The molecule has 0 N–H and O–H groups in total. The van der Waals surface area contributed by atoms with Crippen LogP contribution in [0.1, 0.15) is 19.8 Å². The van der Waals surface area contributed by atoms with E-state index in [4.69, 9.17) is 0 Å². The van der Waals surface area contributed by atoms with Crippen molar-refractivity contribution in [1.29, 1.82) is 0 Å². The molecule has 0 fully saturated rings. The van der Waals surface area contributed by atoms with Crippen LogP contribution >= 0.6 is 0 Å². The number of hydrogen-bond acceptors (Lipinski definition) is 3. The van der Waals surface area contributed by atoms with Gasteiger partial charge in [0, 0.05) is 42.1 Å². The Morgan fingerprint density at radius 1 is 1.46 bits per heavy atom. The molecule has 0 amide bonds. The van der Waals surface area contributed by atoms with E-state index in [-0.39, 0.29) is 54.1 Å². The molecule has 0 aromatic heterocycles. The molecule has 0 aliphatic carbocycles. The first-order valence-corrected chi connectivity index (χ1v) is 3.58. The third-order valence-corrected chi connectivity index (χ3v) is 1.62. The zero-order valence-corrected chi connectivity index (χ0v) is 13.9. The van der Waals surface area contributed by atoms with Gasteiger partial charge in [-0.3, -0.25) is 4.79 Å². The largest absolute Gasteiger partial charge is 0.607 e. The fourth-order valence-electron chi connectivity index (χ4n) is 0.807. The van der Waals surface area contributed by atoms with Crippen molar-refractivity contribution >= 4 is 5.97 Å². The van der Waals surface area contributed by atoms with Gasteiger partial charge in [0.05, 0.1) is 13.5 Å². The Hall–Kier alpha value is 0.807. The van der Waals surface area contributed by atoms with Gasteiger partial charge in [-0.25, -0.2) is 0 Å². The summed E-state index contributed by atoms with van der Waals surface area (Å²) in [5, 5.41) is 0. The van der Waals surface area contributed by atoms with Crippen molar-refractivity contribution in [3.05, 3.63) is 14.1 Å². The van der Waals surface area contributed by atoms with Crippen molar-refractivity contribution in [2.75, 3.05) is 7.11 Å². The third kappa shape index (κ3) is 9.12. The van der Waals surface area contributed by atoms with Crippen LogP contribution in [0.2, 0.25) is 0 Å². The van der Waals surface area contributed by atoms with Crippen LogP contribution in [-0.4, -0.2) is 24.0 Å². The summed E-state index contributed by atoms with van der Waals surface area (Å²) >= 11 is 0. The van der Waals surface area contributed by atoms with Gasteiger partial charge in [0.1, 0.15) is 0 Å². The molecule has 0 saturated carbocycles. The van der Waals surface area contributed by atoms with Crippen LogP contribution < -0.4 is 0 Å². The summed E-state index contributed by atoms with van der Waals surface area (Å²) in [4.78, 5) is 12.3. The third-order valence-electron chi connectivity index (χ3n) is 1.62. The Morgan fingerprint density at radius 3 is 2.15 bits per heavy atom. The van der Waals surface area contributed by atoms with Gasteiger partial charge in [0.25, 0.3) is 0 Å². The first kappa shape index (κ1) is 19.4. The second-order valence-corrected chi connectivity index (χ2v) is 2.43. The zero-order chi connectivity index (χ0) is 8.85. The van der Waals surface area contributed by atoms with E-state index in [1.807, 2.05) is 6.92 Å². The Labute approximate surface area is 109 Å². The van der Waals surface area contributed by atoms with Gasteiger partial charge in [-0.05, 0) is 12.5 Å². The van der Waals surface area contributed by atoms with Crippen LogP contribution in [0.15, 0.2) is 0 Å². The van der Waals surface area contributed by atoms with E-state index in [1.54, 1.807) is 0 Å². The molecule has 13 heavy (non-hydrogen) atoms. The molecule has 0 saturated heterocycles. The van der Waals surface area contributed by atoms with E-state index < -0.39 is 0 Å². The van der Waals surface area contributed by atoms with Crippen molar-refractivity contribution in [2.45, 2.75) is 25.8 Å². The standard InChI is InChI=1S/C8H15NO2.2W/c1-5-7(9(2)3)6-8(10)11-4;;/h7H,2-3,5-6H2,1,4H3;;/q-2;;. The van der Waals surface area contributed by atoms with E-state index >= 15 is 0 Å². The molecule has 0 radical (unpaired) electrons. The smallest absolute Gasteiger partial charge is 0.306 e. The van der Waals surface area contributed by atoms with Crippen LogP contribution in [0.25, 0.3) is 0 Å². The molecule has 1 atom stereocenters. The summed E-state index contributed by atoms with van der Waals surface area (Å²) in [5.41, 5.74) is 0. The molecule has 0 aromatic carbocycles. The van der Waals surface area contributed by atoms with Gasteiger partial charge < -0.3 is 23.7 Å². The fourth-order valence-corrected chi connectivity index (χ4v) is 0.807. The second kappa shape index (κ2) is 10.9. The summed E-state index contributed by atoms with van der Waals surface area (Å²) in [6, 6.07) is 0.0856. The van der Waals surface area contributed by atoms with Crippen LogP contribution in [0.3, 0.4) is 0 Å². The number of ether oxygens (including phenoxy) is 1. The maximum absolute atomic E-state index is 10.8. The van der Waals surface area contributed by atoms with Gasteiger partial charge in [-0.15, -0.1) is 0 Å². The summed E-state index contributed by atoms with van der Waals surface area (Å²) < 4.78 is 4.51. The molecule has 0 rings (SSSR count). The number of nitrogens with zero attached hydrogens (tertiary/aromatic N) is 1. The van der Waals surface area contributed by atoms with Gasteiger partial charge in [-0.2, -0.15) is 0 Å². The minimum absolute atomic E-state index is 0. The summed E-state index contributed by atoms with van der Waals surface area (Å²) in [6.07, 6.45) is 1.21. The average Bonchev–Trinajstić information content (AvgIpc) is 1.99. The second-order valence-electron chi connectivity index (χ2n) is 2.43. The molecule has 0 aliphatic rings. The van der Waals surface area contributed by atoms with E-state index in [0.717, 1.165) is 6.42 Å². The number of esters is 1. The summed E-state index contributed by atoms with van der Waals surface area (Å²) in [5.74, 6) is -0.214. The van der Waals surface area contributed by atoms with Gasteiger partial charge in [0.15, 0.2) is 0 Å². The number of hydrogen-bond donors (Lipinski definition) is 0. The number of carbonyl (C=O) groups is 1. The Kier molecular flexibility index (Phi) is 16.2. The van der Waals surface area contributed by atoms with E-state index in [2.05, 4.69) is 18.8 Å². The monoisotopic (exact) mass is 525 g/mol. The SMILES string of the molecule is [CH2-]N([CH2-])C(CC)CC(=O)OC.[W].[W]. The number of methoxy groups -OCH3 is 1. The molecular formula is C8H15NO2W2-2. The van der Waals surface area contributed by atoms with Gasteiger partial charge >= 0.3 is 5.97 Å². The summed E-state index contributed by atoms with van der Waals surface area (Å²) in [6.45, 7) is 1.98. The Balaban J connectivity index is -0.000000500. The maximum atomic E-state index is 10.8. The molecule has 0 aromatic rings. The normalized spacial score (nSPS) is 11.2. The molecule has 5 heteroatoms. The van der Waals surface area contributed by atoms with Crippen LogP contribution in [0, 0.1) is 14.1 Å². The van der Waals surface area contributed by atoms with Crippen LogP contribution in [0.5, 0.6) is 0 Å². The molecule has 0 aliphatic heterocycles. The van der Waals surface area contributed by atoms with Crippen LogP contribution in [-0.2, 0) is 51.7 Å². The molecule has 0 spiro atoms. The minimum Gasteiger partial charge on any atom is -0.607 e. The Bertz CT molecular complexity index is 131. The van der Waals surface area contributed by atoms with E-state index in [0.29, 0.717) is 6.42 Å². The first-order valence-electron chi connectivity index (χ1n) is 3.58. The van der Waals surface area contributed by atoms with Crippen molar-refractivity contribution < 1.29 is 51.7 Å².